The van der Waals surface area contributed by atoms with Crippen LogP contribution >= 0.6 is 24.2 Å². The summed E-state index contributed by atoms with van der Waals surface area (Å²) in [5.74, 6) is 0.561. The zero-order valence-electron chi connectivity index (χ0n) is 16.1. The first-order valence-electron chi connectivity index (χ1n) is 9.10. The largest absolute Gasteiger partial charge is 0.353 e. The molecule has 0 radical (unpaired) electrons. The lowest BCUT2D eigenvalue weighted by atomic mass is 9.99. The molecule has 1 heterocycles. The first-order valence-corrected chi connectivity index (χ1v) is 10.1. The van der Waals surface area contributed by atoms with Gasteiger partial charge < -0.3 is 16.0 Å². The Labute approximate surface area is 176 Å². The van der Waals surface area contributed by atoms with Crippen LogP contribution in [0.3, 0.4) is 0 Å². The third kappa shape index (κ3) is 5.28. The number of benzene rings is 2. The molecule has 3 rings (SSSR count). The molecule has 150 valence electrons. The highest BCUT2D eigenvalue weighted by atomic mass is 35.5. The van der Waals surface area contributed by atoms with Crippen LogP contribution in [0, 0.1) is 0 Å². The second-order valence-electron chi connectivity index (χ2n) is 6.97. The van der Waals surface area contributed by atoms with Crippen molar-refractivity contribution in [3.8, 4) is 0 Å². The van der Waals surface area contributed by atoms with Crippen LogP contribution in [0.4, 0.5) is 5.69 Å². The molecule has 7 heteroatoms. The molecule has 28 heavy (non-hydrogen) atoms. The van der Waals surface area contributed by atoms with Crippen molar-refractivity contribution in [1.82, 2.24) is 5.32 Å². The van der Waals surface area contributed by atoms with E-state index < -0.39 is 0 Å². The Balaban J connectivity index is 0.00000280. The van der Waals surface area contributed by atoms with Gasteiger partial charge in [-0.25, -0.2) is 0 Å². The number of hydrogen-bond acceptors (Lipinski definition) is 4. The highest BCUT2D eigenvalue weighted by Crippen LogP contribution is 2.34. The molecule has 2 amide bonds. The number of halogens is 1. The summed E-state index contributed by atoms with van der Waals surface area (Å²) in [7, 11) is 0. The predicted molar refractivity (Wildman–Crippen MR) is 117 cm³/mol. The van der Waals surface area contributed by atoms with Crippen LogP contribution in [0.2, 0.25) is 0 Å². The summed E-state index contributed by atoms with van der Waals surface area (Å²) in [6.45, 7) is 4.63. The van der Waals surface area contributed by atoms with Gasteiger partial charge in [-0.05, 0) is 29.2 Å². The Morgan fingerprint density at radius 2 is 1.79 bits per heavy atom. The molecule has 0 saturated carbocycles. The average molecular weight is 420 g/mol. The van der Waals surface area contributed by atoms with E-state index in [9.17, 15) is 9.59 Å². The normalized spacial score (nSPS) is 14.3. The number of fused-ring (bicyclic) bond motifs is 1. The molecule has 5 nitrogen and oxygen atoms in total. The Kier molecular flexibility index (Phi) is 7.92. The van der Waals surface area contributed by atoms with Crippen LogP contribution in [-0.2, 0) is 9.59 Å². The van der Waals surface area contributed by atoms with Crippen LogP contribution in [-0.4, -0.2) is 30.7 Å². The van der Waals surface area contributed by atoms with Gasteiger partial charge in [-0.15, -0.1) is 24.2 Å². The number of carbonyl (C=O) groups excluding carboxylic acids is 2. The fourth-order valence-electron chi connectivity index (χ4n) is 3.00. The molecule has 0 saturated heterocycles. The number of nitrogens with one attached hydrogen (secondary N) is 1. The molecule has 0 aliphatic carbocycles. The highest BCUT2D eigenvalue weighted by molar-refractivity contribution is 8.00. The minimum atomic E-state index is -0.282. The maximum Gasteiger partial charge on any atom is 0.240 e. The fraction of sp³-hybridized carbons (Fsp3) is 0.333. The van der Waals surface area contributed by atoms with E-state index in [1.807, 2.05) is 36.4 Å². The van der Waals surface area contributed by atoms with Gasteiger partial charge in [0, 0.05) is 17.5 Å². The van der Waals surface area contributed by atoms with Gasteiger partial charge in [-0.3, -0.25) is 9.59 Å². The standard InChI is InChI=1S/C21H25N3O2S.ClH/c1-14(2)15-7-9-16(10-8-15)17(22)11-23-20(25)12-24-18-5-3-4-6-19(18)27-13-21(24)26;/h3-10,14,17H,11-13,22H2,1-2H3,(H,23,25);1H. The molecule has 1 atom stereocenters. The molecule has 0 bridgehead atoms. The van der Waals surface area contributed by atoms with Crippen molar-refractivity contribution in [2.75, 3.05) is 23.7 Å². The van der Waals surface area contributed by atoms with Gasteiger partial charge in [0.15, 0.2) is 0 Å². The Bertz CT molecular complexity index is 827. The molecule has 0 spiro atoms. The number of carbonyl (C=O) groups is 2. The molecule has 0 fully saturated rings. The van der Waals surface area contributed by atoms with E-state index in [0.717, 1.165) is 16.1 Å². The molecule has 3 N–H and O–H groups in total. The average Bonchev–Trinajstić information content (AvgIpc) is 2.68. The zero-order chi connectivity index (χ0) is 19.4. The summed E-state index contributed by atoms with van der Waals surface area (Å²) in [6.07, 6.45) is 0. The van der Waals surface area contributed by atoms with Crippen molar-refractivity contribution in [2.24, 2.45) is 5.73 Å². The van der Waals surface area contributed by atoms with E-state index in [0.29, 0.717) is 18.2 Å². The zero-order valence-corrected chi connectivity index (χ0v) is 17.7. The lowest BCUT2D eigenvalue weighted by molar-refractivity contribution is -0.123. The summed E-state index contributed by atoms with van der Waals surface area (Å²) in [6, 6.07) is 15.5. The van der Waals surface area contributed by atoms with Gasteiger partial charge >= 0.3 is 0 Å². The van der Waals surface area contributed by atoms with E-state index in [1.54, 1.807) is 4.90 Å². The summed E-state index contributed by atoms with van der Waals surface area (Å²) in [4.78, 5) is 27.2. The van der Waals surface area contributed by atoms with E-state index in [2.05, 4.69) is 31.3 Å². The molecule has 0 aromatic heterocycles. The van der Waals surface area contributed by atoms with Gasteiger partial charge in [-0.2, -0.15) is 0 Å². The molecule has 1 aliphatic rings. The first kappa shape index (κ1) is 22.3. The van der Waals surface area contributed by atoms with Crippen molar-refractivity contribution < 1.29 is 9.59 Å². The van der Waals surface area contributed by atoms with Crippen molar-refractivity contribution in [2.45, 2.75) is 30.7 Å². The number of nitrogens with zero attached hydrogens (tertiary/aromatic N) is 1. The lowest BCUT2D eigenvalue weighted by Gasteiger charge is -2.28. The maximum absolute atomic E-state index is 12.4. The van der Waals surface area contributed by atoms with Gasteiger partial charge in [0.2, 0.25) is 11.8 Å². The topological polar surface area (TPSA) is 75.4 Å². The monoisotopic (exact) mass is 419 g/mol. The predicted octanol–water partition coefficient (Wildman–Crippen LogP) is 3.49. The van der Waals surface area contributed by atoms with Gasteiger partial charge in [-0.1, -0.05) is 50.2 Å². The van der Waals surface area contributed by atoms with Crippen LogP contribution < -0.4 is 16.0 Å². The summed E-state index contributed by atoms with van der Waals surface area (Å²) in [5.41, 5.74) is 9.24. The van der Waals surface area contributed by atoms with Crippen LogP contribution in [0.1, 0.15) is 36.9 Å². The summed E-state index contributed by atoms with van der Waals surface area (Å²) < 4.78 is 0. The molecular weight excluding hydrogens is 394 g/mol. The third-order valence-corrected chi connectivity index (χ3v) is 5.71. The molecule has 1 unspecified atom stereocenters. The van der Waals surface area contributed by atoms with Crippen LogP contribution in [0.15, 0.2) is 53.4 Å². The fourth-order valence-corrected chi connectivity index (χ4v) is 3.93. The van der Waals surface area contributed by atoms with Crippen molar-refractivity contribution >= 4 is 41.7 Å². The number of anilines is 1. The molecule has 2 aromatic rings. The third-order valence-electron chi connectivity index (χ3n) is 4.66. The second-order valence-corrected chi connectivity index (χ2v) is 7.99. The van der Waals surface area contributed by atoms with Crippen LogP contribution in [0.5, 0.6) is 0 Å². The van der Waals surface area contributed by atoms with Crippen molar-refractivity contribution in [3.63, 3.8) is 0 Å². The second kappa shape index (κ2) is 9.96. The maximum atomic E-state index is 12.4. The van der Waals surface area contributed by atoms with E-state index in [-0.39, 0.29) is 36.8 Å². The lowest BCUT2D eigenvalue weighted by Crippen LogP contribution is -2.44. The first-order chi connectivity index (χ1) is 13.0. The number of hydrogen-bond donors (Lipinski definition) is 2. The summed E-state index contributed by atoms with van der Waals surface area (Å²) in [5, 5.41) is 2.85. The van der Waals surface area contributed by atoms with Crippen molar-refractivity contribution in [1.29, 1.82) is 0 Å². The highest BCUT2D eigenvalue weighted by Gasteiger charge is 2.26. The number of thioether (sulfide) groups is 1. The summed E-state index contributed by atoms with van der Waals surface area (Å²) >= 11 is 1.50. The van der Waals surface area contributed by atoms with Crippen molar-refractivity contribution in [3.05, 3.63) is 59.7 Å². The van der Waals surface area contributed by atoms with Gasteiger partial charge in [0.25, 0.3) is 0 Å². The molecule has 2 aromatic carbocycles. The smallest absolute Gasteiger partial charge is 0.240 e. The van der Waals surface area contributed by atoms with E-state index in [1.165, 1.54) is 17.3 Å². The van der Waals surface area contributed by atoms with Gasteiger partial charge in [0.1, 0.15) is 6.54 Å². The number of nitrogens with two attached hydrogens (primary N) is 1. The van der Waals surface area contributed by atoms with E-state index in [4.69, 9.17) is 5.73 Å². The molecular formula is C21H26ClN3O2S. The van der Waals surface area contributed by atoms with Crippen LogP contribution in [0.25, 0.3) is 0 Å². The Morgan fingerprint density at radius 3 is 2.46 bits per heavy atom. The van der Waals surface area contributed by atoms with E-state index >= 15 is 0 Å². The number of para-hydroxylation sites is 1. The van der Waals surface area contributed by atoms with Gasteiger partial charge in [0.05, 0.1) is 11.4 Å². The number of amides is 2. The minimum Gasteiger partial charge on any atom is -0.353 e. The Morgan fingerprint density at radius 1 is 1.14 bits per heavy atom. The quantitative estimate of drug-likeness (QED) is 0.751. The Hall–Kier alpha value is -2.02. The molecule has 1 aliphatic heterocycles. The number of rotatable bonds is 6. The SMILES string of the molecule is CC(C)c1ccc(C(N)CNC(=O)CN2C(=O)CSc3ccccc32)cc1.Cl. The minimum absolute atomic E-state index is 0.